The van der Waals surface area contributed by atoms with Gasteiger partial charge in [0.05, 0.1) is 17.4 Å². The van der Waals surface area contributed by atoms with Crippen molar-refractivity contribution in [2.45, 2.75) is 36.1 Å². The van der Waals surface area contributed by atoms with Gasteiger partial charge in [0.1, 0.15) is 12.1 Å². The Morgan fingerprint density at radius 2 is 2.25 bits per heavy atom. The first-order valence-corrected chi connectivity index (χ1v) is 7.45. The number of hydrogen-bond acceptors (Lipinski definition) is 4. The summed E-state index contributed by atoms with van der Waals surface area (Å²) in [4.78, 5) is 14.0. The SMILES string of the molecule is Cn1cccc1C(O)[C@H]1C(=O)N2[C@@H]1SC(C)(C)[C@@H]2C#N. The molecule has 106 valence electrons. The summed E-state index contributed by atoms with van der Waals surface area (Å²) in [7, 11) is 1.85. The van der Waals surface area contributed by atoms with Gasteiger partial charge in [-0.15, -0.1) is 11.8 Å². The predicted octanol–water partition coefficient (Wildman–Crippen LogP) is 1.26. The van der Waals surface area contributed by atoms with Gasteiger partial charge in [-0.05, 0) is 26.0 Å². The van der Waals surface area contributed by atoms with Gasteiger partial charge in [-0.2, -0.15) is 5.26 Å². The zero-order valence-electron chi connectivity index (χ0n) is 11.6. The van der Waals surface area contributed by atoms with Crippen LogP contribution in [0.5, 0.6) is 0 Å². The number of aryl methyl sites for hydroxylation is 1. The normalized spacial score (nSPS) is 32.5. The van der Waals surface area contributed by atoms with Crippen molar-refractivity contribution in [3.05, 3.63) is 24.0 Å². The number of hydrogen-bond donors (Lipinski definition) is 1. The molecule has 3 rings (SSSR count). The van der Waals surface area contributed by atoms with Crippen molar-refractivity contribution >= 4 is 17.7 Å². The number of carbonyl (C=O) groups excluding carboxylic acids is 1. The molecule has 1 unspecified atom stereocenters. The zero-order chi connectivity index (χ0) is 14.7. The molecule has 0 radical (unpaired) electrons. The van der Waals surface area contributed by atoms with Crippen LogP contribution in [0.2, 0.25) is 0 Å². The van der Waals surface area contributed by atoms with Gasteiger partial charge in [0.15, 0.2) is 0 Å². The standard InChI is InChI=1S/C14H17N3O2S/c1-14(2)9(7-15)17-12(19)10(13(17)20-14)11(18)8-5-4-6-16(8)3/h4-6,9-11,13,18H,1-3H3/t9-,10-,11?,13+/m0/s1. The number of nitrogens with zero attached hydrogens (tertiary/aromatic N) is 3. The summed E-state index contributed by atoms with van der Waals surface area (Å²) in [6.07, 6.45) is 1.04. The smallest absolute Gasteiger partial charge is 0.233 e. The molecule has 0 bridgehead atoms. The van der Waals surface area contributed by atoms with E-state index in [0.717, 1.165) is 5.69 Å². The third-order valence-corrected chi connectivity index (χ3v) is 5.82. The molecule has 1 N–H and O–H groups in total. The second-order valence-corrected chi connectivity index (χ2v) is 7.67. The van der Waals surface area contributed by atoms with Gasteiger partial charge in [-0.3, -0.25) is 4.79 Å². The summed E-state index contributed by atoms with van der Waals surface area (Å²) < 4.78 is 1.53. The molecule has 0 aromatic carbocycles. The number of fused-ring (bicyclic) bond motifs is 1. The van der Waals surface area contributed by atoms with Crippen molar-refractivity contribution < 1.29 is 9.90 Å². The summed E-state index contributed by atoms with van der Waals surface area (Å²) in [5, 5.41) is 19.7. The lowest BCUT2D eigenvalue weighted by Gasteiger charge is -2.45. The third-order valence-electron chi connectivity index (χ3n) is 4.23. The Balaban J connectivity index is 1.88. The molecule has 4 atom stereocenters. The highest BCUT2D eigenvalue weighted by atomic mass is 32.2. The van der Waals surface area contributed by atoms with Crippen LogP contribution in [-0.4, -0.2) is 36.6 Å². The summed E-state index contributed by atoms with van der Waals surface area (Å²) in [6.45, 7) is 3.95. The average Bonchev–Trinajstić information content (AvgIpc) is 2.89. The van der Waals surface area contributed by atoms with E-state index in [0.29, 0.717) is 0 Å². The fraction of sp³-hybridized carbons (Fsp3) is 0.571. The highest BCUT2D eigenvalue weighted by Crippen LogP contribution is 2.55. The molecule has 20 heavy (non-hydrogen) atoms. The van der Waals surface area contributed by atoms with E-state index < -0.39 is 18.1 Å². The van der Waals surface area contributed by atoms with E-state index in [2.05, 4.69) is 6.07 Å². The lowest BCUT2D eigenvalue weighted by Crippen LogP contribution is -2.61. The number of β-lactam (4-membered cyclic amide) rings is 1. The van der Waals surface area contributed by atoms with E-state index in [4.69, 9.17) is 0 Å². The van der Waals surface area contributed by atoms with Gasteiger partial charge in [0.25, 0.3) is 0 Å². The molecule has 2 saturated heterocycles. The summed E-state index contributed by atoms with van der Waals surface area (Å²) in [5.74, 6) is -0.570. The predicted molar refractivity (Wildman–Crippen MR) is 75.6 cm³/mol. The lowest BCUT2D eigenvalue weighted by molar-refractivity contribution is -0.159. The number of thioether (sulfide) groups is 1. The van der Waals surface area contributed by atoms with Crippen molar-refractivity contribution in [1.29, 1.82) is 5.26 Å². The Morgan fingerprint density at radius 1 is 1.55 bits per heavy atom. The highest BCUT2D eigenvalue weighted by Gasteiger charge is 2.63. The largest absolute Gasteiger partial charge is 0.386 e. The molecule has 2 aliphatic rings. The van der Waals surface area contributed by atoms with Crippen LogP contribution < -0.4 is 0 Å². The summed E-state index contributed by atoms with van der Waals surface area (Å²) >= 11 is 1.61. The quantitative estimate of drug-likeness (QED) is 0.833. The van der Waals surface area contributed by atoms with Gasteiger partial charge >= 0.3 is 0 Å². The lowest BCUT2D eigenvalue weighted by atomic mass is 9.87. The van der Waals surface area contributed by atoms with E-state index in [1.54, 1.807) is 16.7 Å². The van der Waals surface area contributed by atoms with Crippen molar-refractivity contribution in [2.24, 2.45) is 13.0 Å². The van der Waals surface area contributed by atoms with Crippen LogP contribution in [0.4, 0.5) is 0 Å². The number of carbonyl (C=O) groups is 1. The van der Waals surface area contributed by atoms with Gasteiger partial charge in [0.2, 0.25) is 5.91 Å². The minimum atomic E-state index is -0.815. The third kappa shape index (κ3) is 1.63. The minimum absolute atomic E-state index is 0.105. The molecule has 2 fully saturated rings. The van der Waals surface area contributed by atoms with Crippen molar-refractivity contribution in [3.8, 4) is 6.07 Å². The number of aromatic nitrogens is 1. The summed E-state index contributed by atoms with van der Waals surface area (Å²) in [6, 6.07) is 5.48. The fourth-order valence-electron chi connectivity index (χ4n) is 3.10. The van der Waals surface area contributed by atoms with E-state index in [1.807, 2.05) is 43.8 Å². The van der Waals surface area contributed by atoms with Gasteiger partial charge in [0, 0.05) is 23.7 Å². The molecule has 5 nitrogen and oxygen atoms in total. The topological polar surface area (TPSA) is 69.3 Å². The minimum Gasteiger partial charge on any atom is -0.386 e. The molecule has 0 aliphatic carbocycles. The molecule has 0 spiro atoms. The van der Waals surface area contributed by atoms with Crippen LogP contribution in [0.25, 0.3) is 0 Å². The zero-order valence-corrected chi connectivity index (χ0v) is 12.5. The Kier molecular flexibility index (Phi) is 2.89. The molecule has 2 aliphatic heterocycles. The molecular formula is C14H17N3O2S. The second kappa shape index (κ2) is 4.27. The second-order valence-electron chi connectivity index (χ2n) is 5.90. The van der Waals surface area contributed by atoms with E-state index in [-0.39, 0.29) is 16.0 Å². The van der Waals surface area contributed by atoms with Gasteiger partial charge in [-0.25, -0.2) is 0 Å². The first-order chi connectivity index (χ1) is 9.38. The Bertz CT molecular complexity index is 604. The number of rotatable bonds is 2. The molecule has 6 heteroatoms. The maximum absolute atomic E-state index is 12.3. The van der Waals surface area contributed by atoms with Gasteiger partial charge < -0.3 is 14.6 Å². The van der Waals surface area contributed by atoms with Crippen LogP contribution in [0, 0.1) is 17.2 Å². The van der Waals surface area contributed by atoms with Crippen LogP contribution >= 0.6 is 11.8 Å². The summed E-state index contributed by atoms with van der Waals surface area (Å²) in [5.41, 5.74) is 0.738. The number of aliphatic hydroxyl groups is 1. The van der Waals surface area contributed by atoms with Crippen molar-refractivity contribution in [1.82, 2.24) is 9.47 Å². The number of aliphatic hydroxyl groups excluding tert-OH is 1. The first-order valence-electron chi connectivity index (χ1n) is 6.57. The molecule has 1 aromatic heterocycles. The molecule has 0 saturated carbocycles. The maximum atomic E-state index is 12.3. The Morgan fingerprint density at radius 3 is 2.80 bits per heavy atom. The van der Waals surface area contributed by atoms with Crippen LogP contribution in [0.3, 0.4) is 0 Å². The molecule has 1 amide bonds. The Labute approximate surface area is 122 Å². The highest BCUT2D eigenvalue weighted by molar-refractivity contribution is 8.01. The molecule has 3 heterocycles. The Hall–Kier alpha value is -1.45. The van der Waals surface area contributed by atoms with E-state index in [1.165, 1.54) is 0 Å². The van der Waals surface area contributed by atoms with Crippen LogP contribution in [-0.2, 0) is 11.8 Å². The monoisotopic (exact) mass is 291 g/mol. The van der Waals surface area contributed by atoms with Crippen molar-refractivity contribution in [2.75, 3.05) is 0 Å². The first kappa shape index (κ1) is 13.5. The number of amides is 1. The fourth-order valence-corrected chi connectivity index (χ4v) is 4.77. The molecule has 1 aromatic rings. The maximum Gasteiger partial charge on any atom is 0.233 e. The van der Waals surface area contributed by atoms with E-state index >= 15 is 0 Å². The van der Waals surface area contributed by atoms with E-state index in [9.17, 15) is 15.2 Å². The number of nitriles is 1. The van der Waals surface area contributed by atoms with Crippen LogP contribution in [0.15, 0.2) is 18.3 Å². The molecular weight excluding hydrogens is 274 g/mol. The van der Waals surface area contributed by atoms with Gasteiger partial charge in [-0.1, -0.05) is 0 Å². The average molecular weight is 291 g/mol. The van der Waals surface area contributed by atoms with Crippen LogP contribution in [0.1, 0.15) is 25.6 Å². The van der Waals surface area contributed by atoms with Crippen molar-refractivity contribution in [3.63, 3.8) is 0 Å².